The molecule has 0 aliphatic heterocycles. The lowest BCUT2D eigenvalue weighted by Gasteiger charge is -2.08. The molecule has 2 N–H and O–H groups in total. The Hall–Kier alpha value is -2.83. The lowest BCUT2D eigenvalue weighted by molar-refractivity contribution is -0.137. The zero-order valence-electron chi connectivity index (χ0n) is 12.9. The Morgan fingerprint density at radius 1 is 1.26 bits per heavy atom. The minimum atomic E-state index is -0.826. The van der Waals surface area contributed by atoms with Crippen LogP contribution in [0, 0.1) is 0 Å². The lowest BCUT2D eigenvalue weighted by Crippen LogP contribution is -2.25. The van der Waals surface area contributed by atoms with Crippen molar-refractivity contribution in [2.45, 2.75) is 19.4 Å². The number of benzene rings is 1. The SMILES string of the molecule is Cn1nccc1C(=O)NCc1ccc(OCCCC(=O)O)cc1. The van der Waals surface area contributed by atoms with Gasteiger partial charge in [-0.15, -0.1) is 0 Å². The standard InChI is InChI=1S/C16H19N3O4/c1-19-14(8-9-18-19)16(22)17-11-12-4-6-13(7-5-12)23-10-2-3-15(20)21/h4-9H,2-3,10-11H2,1H3,(H,17,22)(H,20,21). The molecule has 0 radical (unpaired) electrons. The second kappa shape index (κ2) is 7.98. The van der Waals surface area contributed by atoms with Crippen LogP contribution in [0.2, 0.25) is 0 Å². The molecule has 0 unspecified atom stereocenters. The Morgan fingerprint density at radius 3 is 2.61 bits per heavy atom. The van der Waals surface area contributed by atoms with Crippen molar-refractivity contribution in [3.05, 3.63) is 47.8 Å². The van der Waals surface area contributed by atoms with Crippen LogP contribution in [0.3, 0.4) is 0 Å². The predicted octanol–water partition coefficient (Wildman–Crippen LogP) is 1.59. The first-order valence-electron chi connectivity index (χ1n) is 7.26. The third-order valence-electron chi connectivity index (χ3n) is 3.23. The van der Waals surface area contributed by atoms with Crippen molar-refractivity contribution in [1.29, 1.82) is 0 Å². The number of hydrogen-bond acceptors (Lipinski definition) is 4. The Morgan fingerprint density at radius 2 is 2.00 bits per heavy atom. The van der Waals surface area contributed by atoms with Crippen molar-refractivity contribution in [3.63, 3.8) is 0 Å². The van der Waals surface area contributed by atoms with Crippen molar-refractivity contribution in [3.8, 4) is 5.75 Å². The molecule has 23 heavy (non-hydrogen) atoms. The highest BCUT2D eigenvalue weighted by atomic mass is 16.5. The number of carbonyl (C=O) groups excluding carboxylic acids is 1. The van der Waals surface area contributed by atoms with Crippen molar-refractivity contribution >= 4 is 11.9 Å². The molecule has 122 valence electrons. The number of nitrogens with one attached hydrogen (secondary N) is 1. The first-order chi connectivity index (χ1) is 11.1. The summed E-state index contributed by atoms with van der Waals surface area (Å²) in [6, 6.07) is 8.97. The van der Waals surface area contributed by atoms with Gasteiger partial charge in [0.2, 0.25) is 0 Å². The summed E-state index contributed by atoms with van der Waals surface area (Å²) in [4.78, 5) is 22.3. The molecule has 0 spiro atoms. The Labute approximate surface area is 133 Å². The molecule has 2 aromatic rings. The van der Waals surface area contributed by atoms with Crippen molar-refractivity contribution in [2.24, 2.45) is 7.05 Å². The fraction of sp³-hybridized carbons (Fsp3) is 0.312. The minimum Gasteiger partial charge on any atom is -0.494 e. The van der Waals surface area contributed by atoms with E-state index in [1.165, 1.54) is 4.68 Å². The number of aryl methyl sites for hydroxylation is 1. The van der Waals surface area contributed by atoms with Crippen LogP contribution in [0.4, 0.5) is 0 Å². The van der Waals surface area contributed by atoms with Gasteiger partial charge in [-0.2, -0.15) is 5.10 Å². The van der Waals surface area contributed by atoms with E-state index in [1.807, 2.05) is 12.1 Å². The topological polar surface area (TPSA) is 93.5 Å². The number of rotatable bonds is 8. The quantitative estimate of drug-likeness (QED) is 0.721. The molecule has 7 nitrogen and oxygen atoms in total. The van der Waals surface area contributed by atoms with Crippen LogP contribution in [0.5, 0.6) is 5.75 Å². The second-order valence-corrected chi connectivity index (χ2v) is 5.01. The van der Waals surface area contributed by atoms with E-state index in [0.717, 1.165) is 5.56 Å². The fourth-order valence-electron chi connectivity index (χ4n) is 1.99. The second-order valence-electron chi connectivity index (χ2n) is 5.01. The summed E-state index contributed by atoms with van der Waals surface area (Å²) < 4.78 is 6.97. The molecule has 1 aromatic heterocycles. The highest BCUT2D eigenvalue weighted by Gasteiger charge is 2.09. The number of aliphatic carboxylic acids is 1. The van der Waals surface area contributed by atoms with E-state index in [0.29, 0.717) is 31.0 Å². The Kier molecular flexibility index (Phi) is 5.74. The van der Waals surface area contributed by atoms with Gasteiger partial charge in [0.25, 0.3) is 5.91 Å². The third kappa shape index (κ3) is 5.14. The summed E-state index contributed by atoms with van der Waals surface area (Å²) in [5.41, 5.74) is 1.45. The molecule has 0 aliphatic carbocycles. The number of nitrogens with zero attached hydrogens (tertiary/aromatic N) is 2. The normalized spacial score (nSPS) is 10.3. The molecule has 1 aromatic carbocycles. The van der Waals surface area contributed by atoms with E-state index < -0.39 is 5.97 Å². The number of carboxylic acid groups (broad SMARTS) is 1. The monoisotopic (exact) mass is 317 g/mol. The van der Waals surface area contributed by atoms with Crippen LogP contribution in [-0.2, 0) is 18.4 Å². The summed E-state index contributed by atoms with van der Waals surface area (Å²) in [6.45, 7) is 0.770. The van der Waals surface area contributed by atoms with Crippen LogP contribution in [0.15, 0.2) is 36.5 Å². The van der Waals surface area contributed by atoms with Gasteiger partial charge in [-0.05, 0) is 30.2 Å². The highest BCUT2D eigenvalue weighted by molar-refractivity contribution is 5.92. The molecule has 0 aliphatic rings. The van der Waals surface area contributed by atoms with E-state index >= 15 is 0 Å². The summed E-state index contributed by atoms with van der Waals surface area (Å²) in [5, 5.41) is 15.3. The summed E-state index contributed by atoms with van der Waals surface area (Å²) in [7, 11) is 1.71. The molecule has 1 heterocycles. The maximum absolute atomic E-state index is 12.0. The summed E-state index contributed by atoms with van der Waals surface area (Å²) in [5.74, 6) is -0.329. The van der Waals surface area contributed by atoms with Gasteiger partial charge in [0, 0.05) is 26.2 Å². The van der Waals surface area contributed by atoms with Crippen LogP contribution < -0.4 is 10.1 Å². The predicted molar refractivity (Wildman–Crippen MR) is 83.2 cm³/mol. The first kappa shape index (κ1) is 16.5. The zero-order chi connectivity index (χ0) is 16.7. The van der Waals surface area contributed by atoms with Crippen LogP contribution in [0.25, 0.3) is 0 Å². The largest absolute Gasteiger partial charge is 0.494 e. The van der Waals surface area contributed by atoms with Crippen LogP contribution in [0.1, 0.15) is 28.9 Å². The number of carboxylic acids is 1. The molecular formula is C16H19N3O4. The molecule has 0 saturated carbocycles. The van der Waals surface area contributed by atoms with Gasteiger partial charge in [-0.25, -0.2) is 0 Å². The maximum atomic E-state index is 12.0. The molecule has 1 amide bonds. The molecule has 0 saturated heterocycles. The van der Waals surface area contributed by atoms with Crippen molar-refractivity contribution in [2.75, 3.05) is 6.61 Å². The smallest absolute Gasteiger partial charge is 0.303 e. The lowest BCUT2D eigenvalue weighted by atomic mass is 10.2. The molecule has 0 atom stereocenters. The van der Waals surface area contributed by atoms with Gasteiger partial charge in [-0.3, -0.25) is 14.3 Å². The molecule has 7 heteroatoms. The highest BCUT2D eigenvalue weighted by Crippen LogP contribution is 2.12. The van der Waals surface area contributed by atoms with Crippen molar-refractivity contribution in [1.82, 2.24) is 15.1 Å². The molecule has 0 bridgehead atoms. The number of ether oxygens (including phenoxy) is 1. The van der Waals surface area contributed by atoms with Gasteiger partial charge in [-0.1, -0.05) is 12.1 Å². The fourth-order valence-corrected chi connectivity index (χ4v) is 1.99. The first-order valence-corrected chi connectivity index (χ1v) is 7.26. The average Bonchev–Trinajstić information content (AvgIpc) is 2.96. The van der Waals surface area contributed by atoms with Crippen LogP contribution >= 0.6 is 0 Å². The van der Waals surface area contributed by atoms with E-state index in [4.69, 9.17) is 9.84 Å². The molecular weight excluding hydrogens is 298 g/mol. The third-order valence-corrected chi connectivity index (χ3v) is 3.23. The maximum Gasteiger partial charge on any atom is 0.303 e. The van der Waals surface area contributed by atoms with Gasteiger partial charge in [0.15, 0.2) is 0 Å². The average molecular weight is 317 g/mol. The molecule has 2 rings (SSSR count). The van der Waals surface area contributed by atoms with E-state index in [2.05, 4.69) is 10.4 Å². The number of hydrogen-bond donors (Lipinski definition) is 2. The van der Waals surface area contributed by atoms with Gasteiger partial charge in [0.1, 0.15) is 11.4 Å². The molecule has 0 fully saturated rings. The van der Waals surface area contributed by atoms with E-state index in [1.54, 1.807) is 31.4 Å². The van der Waals surface area contributed by atoms with E-state index in [-0.39, 0.29) is 12.3 Å². The Balaban J connectivity index is 1.77. The van der Waals surface area contributed by atoms with Gasteiger partial charge in [0.05, 0.1) is 6.61 Å². The van der Waals surface area contributed by atoms with Gasteiger partial charge < -0.3 is 15.2 Å². The number of carbonyl (C=O) groups is 2. The number of aromatic nitrogens is 2. The summed E-state index contributed by atoms with van der Waals surface area (Å²) >= 11 is 0. The Bertz CT molecular complexity index is 664. The van der Waals surface area contributed by atoms with Crippen molar-refractivity contribution < 1.29 is 19.4 Å². The minimum absolute atomic E-state index is 0.0954. The number of amides is 1. The van der Waals surface area contributed by atoms with Crippen LogP contribution in [-0.4, -0.2) is 33.4 Å². The van der Waals surface area contributed by atoms with Gasteiger partial charge >= 0.3 is 5.97 Å². The van der Waals surface area contributed by atoms with E-state index in [9.17, 15) is 9.59 Å². The zero-order valence-corrected chi connectivity index (χ0v) is 12.9. The summed E-state index contributed by atoms with van der Waals surface area (Å²) in [6.07, 6.45) is 2.14.